The number of halogens is 1. The fourth-order valence-electron chi connectivity index (χ4n) is 3.69. The fourth-order valence-corrected chi connectivity index (χ4v) is 4.39. The average Bonchev–Trinajstić information content (AvgIpc) is 3.06. The molecule has 0 spiro atoms. The van der Waals surface area contributed by atoms with E-state index in [-0.39, 0.29) is 6.61 Å². The highest BCUT2D eigenvalue weighted by molar-refractivity contribution is 7.98. The molecular formula is C21H22ClNO4S. The maximum atomic E-state index is 10.5. The van der Waals surface area contributed by atoms with Crippen LogP contribution in [0, 0.1) is 0 Å². The molecule has 1 aliphatic heterocycles. The highest BCUT2D eigenvalue weighted by atomic mass is 35.5. The van der Waals surface area contributed by atoms with Crippen LogP contribution in [0.15, 0.2) is 53.6 Å². The Balaban J connectivity index is 1.75. The maximum Gasteiger partial charge on any atom is 0.162 e. The number of aromatic nitrogens is 1. The van der Waals surface area contributed by atoms with Gasteiger partial charge in [-0.25, -0.2) is 0 Å². The number of thioether (sulfide) groups is 1. The van der Waals surface area contributed by atoms with Crippen LogP contribution in [-0.2, 0) is 11.2 Å². The first-order valence-corrected chi connectivity index (χ1v) is 10.7. The van der Waals surface area contributed by atoms with Gasteiger partial charge in [-0.1, -0.05) is 29.8 Å². The van der Waals surface area contributed by atoms with Crippen LogP contribution in [0.25, 0.3) is 10.9 Å². The Kier molecular flexibility index (Phi) is 5.69. The molecule has 1 fully saturated rings. The third-order valence-electron chi connectivity index (χ3n) is 5.19. The summed E-state index contributed by atoms with van der Waals surface area (Å²) in [6.45, 7) is -0.0470. The summed E-state index contributed by atoms with van der Waals surface area (Å²) < 4.78 is 7.46. The Morgan fingerprint density at radius 3 is 2.57 bits per heavy atom. The fraction of sp³-hybridized carbons (Fsp3) is 0.333. The summed E-state index contributed by atoms with van der Waals surface area (Å²) in [5.74, 6) is 0. The molecule has 7 heteroatoms. The zero-order chi connectivity index (χ0) is 19.8. The molecule has 0 radical (unpaired) electrons. The Bertz CT molecular complexity index is 974. The van der Waals surface area contributed by atoms with E-state index in [9.17, 15) is 15.3 Å². The van der Waals surface area contributed by atoms with E-state index in [1.165, 1.54) is 4.90 Å². The molecule has 148 valence electrons. The second kappa shape index (κ2) is 8.06. The van der Waals surface area contributed by atoms with Crippen molar-refractivity contribution >= 4 is 34.3 Å². The number of nitrogens with zero attached hydrogens (tertiary/aromatic N) is 1. The Hall–Kier alpha value is -1.54. The van der Waals surface area contributed by atoms with Crippen LogP contribution in [-0.4, -0.2) is 51.1 Å². The Morgan fingerprint density at radius 1 is 1.11 bits per heavy atom. The van der Waals surface area contributed by atoms with Gasteiger partial charge in [0, 0.05) is 16.5 Å². The number of aliphatic hydroxyl groups is 3. The zero-order valence-corrected chi connectivity index (χ0v) is 16.9. The van der Waals surface area contributed by atoms with E-state index in [4.69, 9.17) is 16.3 Å². The summed E-state index contributed by atoms with van der Waals surface area (Å²) in [5, 5.41) is 31.8. The van der Waals surface area contributed by atoms with E-state index in [0.717, 1.165) is 22.0 Å². The molecule has 2 aromatic carbocycles. The van der Waals surface area contributed by atoms with Crippen LogP contribution in [0.2, 0.25) is 5.02 Å². The highest BCUT2D eigenvalue weighted by Gasteiger charge is 2.39. The minimum Gasteiger partial charge on any atom is -0.388 e. The van der Waals surface area contributed by atoms with Crippen molar-refractivity contribution in [1.29, 1.82) is 0 Å². The molecule has 3 aromatic rings. The molecule has 1 aliphatic rings. The quantitative estimate of drug-likeness (QED) is 0.566. The van der Waals surface area contributed by atoms with Gasteiger partial charge in [0.05, 0.1) is 17.1 Å². The summed E-state index contributed by atoms with van der Waals surface area (Å²) >= 11 is 8.21. The number of hydrogen-bond donors (Lipinski definition) is 3. The Morgan fingerprint density at radius 2 is 1.86 bits per heavy atom. The first-order chi connectivity index (χ1) is 13.5. The smallest absolute Gasteiger partial charge is 0.162 e. The monoisotopic (exact) mass is 419 g/mol. The van der Waals surface area contributed by atoms with Crippen molar-refractivity contribution in [3.05, 3.63) is 64.8 Å². The van der Waals surface area contributed by atoms with Gasteiger partial charge in [0.25, 0.3) is 0 Å². The van der Waals surface area contributed by atoms with Crippen LogP contribution in [0.5, 0.6) is 0 Å². The SMILES string of the molecule is CSc1ccc(Cc2cn([C@@H]3OC[C@@H](O)[C@H](O)[C@H]3O)c3cccc(Cl)c23)cc1. The van der Waals surface area contributed by atoms with Crippen LogP contribution >= 0.6 is 23.4 Å². The molecule has 1 saturated heterocycles. The van der Waals surface area contributed by atoms with Crippen molar-refractivity contribution in [2.75, 3.05) is 12.9 Å². The van der Waals surface area contributed by atoms with E-state index in [1.54, 1.807) is 16.3 Å². The van der Waals surface area contributed by atoms with Crippen molar-refractivity contribution < 1.29 is 20.1 Å². The molecule has 5 nitrogen and oxygen atoms in total. The largest absolute Gasteiger partial charge is 0.388 e. The first kappa shape index (κ1) is 19.8. The average molecular weight is 420 g/mol. The molecule has 4 rings (SSSR count). The van der Waals surface area contributed by atoms with Crippen LogP contribution < -0.4 is 0 Å². The lowest BCUT2D eigenvalue weighted by Gasteiger charge is -2.36. The molecule has 0 aliphatic carbocycles. The molecule has 0 saturated carbocycles. The van der Waals surface area contributed by atoms with Gasteiger partial charge in [0.2, 0.25) is 0 Å². The second-order valence-corrected chi connectivity index (χ2v) is 8.28. The third-order valence-corrected chi connectivity index (χ3v) is 6.25. The molecule has 2 heterocycles. The van der Waals surface area contributed by atoms with Gasteiger partial charge in [0.15, 0.2) is 6.23 Å². The van der Waals surface area contributed by atoms with E-state index in [2.05, 4.69) is 24.3 Å². The van der Waals surface area contributed by atoms with E-state index >= 15 is 0 Å². The van der Waals surface area contributed by atoms with E-state index < -0.39 is 24.5 Å². The standard InChI is InChI=1S/C21H22ClNO4S/c1-28-14-7-5-12(6-8-14)9-13-10-23(16-4-2-3-15(22)18(13)16)21-20(26)19(25)17(24)11-27-21/h2-8,10,17,19-21,24-26H,9,11H2,1H3/t17-,19+,20-,21-/m1/s1. The Labute approximate surface area is 172 Å². The third kappa shape index (κ3) is 3.56. The van der Waals surface area contributed by atoms with Gasteiger partial charge in [-0.15, -0.1) is 11.8 Å². The van der Waals surface area contributed by atoms with Crippen molar-refractivity contribution in [2.45, 2.75) is 35.9 Å². The zero-order valence-electron chi connectivity index (χ0n) is 15.3. The number of rotatable bonds is 4. The molecule has 4 atom stereocenters. The van der Waals surface area contributed by atoms with Gasteiger partial charge < -0.3 is 24.6 Å². The summed E-state index contributed by atoms with van der Waals surface area (Å²) in [6.07, 6.45) is 0.222. The van der Waals surface area contributed by atoms with Gasteiger partial charge >= 0.3 is 0 Å². The van der Waals surface area contributed by atoms with Crippen LogP contribution in [0.3, 0.4) is 0 Å². The van der Waals surface area contributed by atoms with E-state index in [0.29, 0.717) is 11.4 Å². The molecule has 3 N–H and O–H groups in total. The molecule has 28 heavy (non-hydrogen) atoms. The van der Waals surface area contributed by atoms with Gasteiger partial charge in [0.1, 0.15) is 18.3 Å². The van der Waals surface area contributed by atoms with Crippen molar-refractivity contribution in [1.82, 2.24) is 4.57 Å². The van der Waals surface area contributed by atoms with Crippen molar-refractivity contribution in [3.8, 4) is 0 Å². The lowest BCUT2D eigenvalue weighted by Crippen LogP contribution is -2.50. The number of benzene rings is 2. The number of ether oxygens (including phenoxy) is 1. The normalized spacial score (nSPS) is 25.3. The number of aliphatic hydroxyl groups excluding tert-OH is 3. The van der Waals surface area contributed by atoms with Crippen molar-refractivity contribution in [2.24, 2.45) is 0 Å². The highest BCUT2D eigenvalue weighted by Crippen LogP contribution is 2.35. The minimum absolute atomic E-state index is 0.0470. The maximum absolute atomic E-state index is 10.5. The predicted octanol–water partition coefficient (Wildman–Crippen LogP) is 3.22. The lowest BCUT2D eigenvalue weighted by atomic mass is 10.0. The topological polar surface area (TPSA) is 74.9 Å². The first-order valence-electron chi connectivity index (χ1n) is 9.06. The number of fused-ring (bicyclic) bond motifs is 1. The molecule has 0 unspecified atom stereocenters. The molecular weight excluding hydrogens is 398 g/mol. The predicted molar refractivity (Wildman–Crippen MR) is 111 cm³/mol. The summed E-state index contributed by atoms with van der Waals surface area (Å²) in [5.41, 5.74) is 2.97. The summed E-state index contributed by atoms with van der Waals surface area (Å²) in [7, 11) is 0. The minimum atomic E-state index is -1.27. The summed E-state index contributed by atoms with van der Waals surface area (Å²) in [4.78, 5) is 1.20. The molecule has 1 aromatic heterocycles. The van der Waals surface area contributed by atoms with Gasteiger partial charge in [-0.2, -0.15) is 0 Å². The van der Waals surface area contributed by atoms with Crippen LogP contribution in [0.4, 0.5) is 0 Å². The van der Waals surface area contributed by atoms with E-state index in [1.807, 2.05) is 30.7 Å². The van der Waals surface area contributed by atoms with Crippen LogP contribution in [0.1, 0.15) is 17.4 Å². The van der Waals surface area contributed by atoms with Gasteiger partial charge in [-0.3, -0.25) is 0 Å². The molecule has 0 amide bonds. The number of hydrogen-bond acceptors (Lipinski definition) is 5. The second-order valence-electron chi connectivity index (χ2n) is 6.99. The van der Waals surface area contributed by atoms with Crippen molar-refractivity contribution in [3.63, 3.8) is 0 Å². The summed E-state index contributed by atoms with van der Waals surface area (Å²) in [6, 6.07) is 14.0. The lowest BCUT2D eigenvalue weighted by molar-refractivity contribution is -0.209. The van der Waals surface area contributed by atoms with Gasteiger partial charge in [-0.05, 0) is 48.1 Å². The molecule has 0 bridgehead atoms.